The number of nitrogens with one attached hydrogen (secondary N) is 2. The zero-order valence-electron chi connectivity index (χ0n) is 20.6. The van der Waals surface area contributed by atoms with Gasteiger partial charge in [0.05, 0.1) is 0 Å². The molecular weight excluding hydrogens is 458 g/mol. The van der Waals surface area contributed by atoms with E-state index in [1.54, 1.807) is 4.90 Å². The van der Waals surface area contributed by atoms with Gasteiger partial charge < -0.3 is 9.80 Å². The van der Waals surface area contributed by atoms with Crippen LogP contribution in [-0.4, -0.2) is 111 Å². The van der Waals surface area contributed by atoms with Gasteiger partial charge in [0.2, 0.25) is 5.91 Å². The summed E-state index contributed by atoms with van der Waals surface area (Å²) in [5.74, 6) is 0.873. The molecule has 34 heavy (non-hydrogen) atoms. The van der Waals surface area contributed by atoms with E-state index in [1.807, 2.05) is 25.1 Å². The lowest BCUT2D eigenvalue weighted by atomic mass is 10.0. The van der Waals surface area contributed by atoms with Gasteiger partial charge in [0.1, 0.15) is 5.84 Å². The van der Waals surface area contributed by atoms with E-state index in [0.29, 0.717) is 57.9 Å². The van der Waals surface area contributed by atoms with E-state index >= 15 is 0 Å². The van der Waals surface area contributed by atoms with E-state index in [2.05, 4.69) is 19.9 Å². The summed E-state index contributed by atoms with van der Waals surface area (Å²) in [4.78, 5) is 35.1. The highest BCUT2D eigenvalue weighted by atomic mass is 32.2. The van der Waals surface area contributed by atoms with Crippen LogP contribution in [0.15, 0.2) is 16.8 Å². The molecule has 0 saturated carbocycles. The molecule has 12 heteroatoms. The van der Waals surface area contributed by atoms with Gasteiger partial charge in [0.25, 0.3) is 10.2 Å². The first-order chi connectivity index (χ1) is 16.2. The fraction of sp³-hybridized carbons (Fsp3) is 0.773. The van der Waals surface area contributed by atoms with Crippen molar-refractivity contribution in [3.05, 3.63) is 11.8 Å². The van der Waals surface area contributed by atoms with Gasteiger partial charge in [-0.2, -0.15) is 12.7 Å². The van der Waals surface area contributed by atoms with Crippen molar-refractivity contribution in [1.82, 2.24) is 29.0 Å². The molecule has 3 heterocycles. The molecule has 192 valence electrons. The molecule has 2 saturated heterocycles. The van der Waals surface area contributed by atoms with Crippen molar-refractivity contribution in [1.29, 1.82) is 0 Å². The van der Waals surface area contributed by atoms with Gasteiger partial charge in [-0.25, -0.2) is 14.5 Å². The zero-order chi connectivity index (χ0) is 24.7. The molecule has 2 N–H and O–H groups in total. The van der Waals surface area contributed by atoms with E-state index in [9.17, 15) is 18.0 Å². The Morgan fingerprint density at radius 2 is 1.79 bits per heavy atom. The summed E-state index contributed by atoms with van der Waals surface area (Å²) in [6.45, 7) is 6.46. The first-order valence-corrected chi connectivity index (χ1v) is 13.6. The highest BCUT2D eigenvalue weighted by Crippen LogP contribution is 2.18. The second kappa shape index (κ2) is 12.1. The third-order valence-corrected chi connectivity index (χ3v) is 8.40. The topological polar surface area (TPSA) is 118 Å². The van der Waals surface area contributed by atoms with Gasteiger partial charge in [-0.1, -0.05) is 6.92 Å². The Kier molecular flexibility index (Phi) is 9.46. The van der Waals surface area contributed by atoms with Crippen molar-refractivity contribution in [3.8, 4) is 0 Å². The number of nitrogens with zero attached hydrogens (tertiary/aromatic N) is 5. The summed E-state index contributed by atoms with van der Waals surface area (Å²) in [7, 11) is -0.124. The van der Waals surface area contributed by atoms with Gasteiger partial charge in [-0.3, -0.25) is 15.0 Å². The second-order valence-corrected chi connectivity index (χ2v) is 11.0. The summed E-state index contributed by atoms with van der Waals surface area (Å²) < 4.78 is 27.6. The molecule has 3 rings (SSSR count). The third-order valence-electron chi connectivity index (χ3n) is 6.84. The van der Waals surface area contributed by atoms with Crippen LogP contribution in [0.2, 0.25) is 0 Å². The number of aliphatic imine (C=N–C) groups is 1. The van der Waals surface area contributed by atoms with Crippen LogP contribution in [0.5, 0.6) is 0 Å². The van der Waals surface area contributed by atoms with E-state index in [4.69, 9.17) is 0 Å². The zero-order valence-corrected chi connectivity index (χ0v) is 21.4. The number of rotatable bonds is 7. The maximum absolute atomic E-state index is 12.7. The van der Waals surface area contributed by atoms with Crippen molar-refractivity contribution in [2.45, 2.75) is 51.5 Å². The smallest absolute Gasteiger partial charge is 0.322 e. The number of urea groups is 1. The molecule has 2 fully saturated rings. The van der Waals surface area contributed by atoms with Gasteiger partial charge in [-0.15, -0.1) is 0 Å². The van der Waals surface area contributed by atoms with Crippen molar-refractivity contribution >= 4 is 28.0 Å². The van der Waals surface area contributed by atoms with Crippen LogP contribution in [0.25, 0.3) is 0 Å². The Balaban J connectivity index is 1.42. The largest absolute Gasteiger partial charge is 0.343 e. The average molecular weight is 498 g/mol. The Morgan fingerprint density at radius 3 is 2.35 bits per heavy atom. The molecule has 0 spiro atoms. The van der Waals surface area contributed by atoms with Crippen LogP contribution in [0, 0.1) is 0 Å². The molecule has 0 aliphatic carbocycles. The summed E-state index contributed by atoms with van der Waals surface area (Å²) in [5, 5.41) is 2.94. The standard InChI is InChI=1S/C22H39N7O4S/c1-4-5-21(30)28-10-8-19(9-11-28)26(3)22(31)25-20-7-6-18(16-24-20)17-27-12-14-29(15-13-27)34(32,33)23-2/h16,19,23H,4-15,17H2,1-3H3,(H,24,25,31). The Bertz CT molecular complexity index is 889. The quantitative estimate of drug-likeness (QED) is 0.534. The number of amidine groups is 1. The van der Waals surface area contributed by atoms with Crippen LogP contribution in [0.3, 0.4) is 0 Å². The van der Waals surface area contributed by atoms with E-state index in [-0.39, 0.29) is 18.0 Å². The van der Waals surface area contributed by atoms with Crippen LogP contribution < -0.4 is 10.0 Å². The summed E-state index contributed by atoms with van der Waals surface area (Å²) in [6, 6.07) is -0.0397. The van der Waals surface area contributed by atoms with Gasteiger partial charge >= 0.3 is 6.03 Å². The molecule has 0 bridgehead atoms. The number of piperidine rings is 1. The fourth-order valence-electron chi connectivity index (χ4n) is 4.59. The van der Waals surface area contributed by atoms with Crippen LogP contribution >= 0.6 is 0 Å². The Morgan fingerprint density at radius 1 is 1.12 bits per heavy atom. The Labute approximate surface area is 203 Å². The maximum Gasteiger partial charge on any atom is 0.322 e. The molecule has 3 aliphatic heterocycles. The lowest BCUT2D eigenvalue weighted by molar-refractivity contribution is -0.132. The lowest BCUT2D eigenvalue weighted by Crippen LogP contribution is -2.51. The van der Waals surface area contributed by atoms with Gasteiger partial charge in [-0.05, 0) is 31.3 Å². The molecule has 3 aliphatic rings. The molecule has 0 radical (unpaired) electrons. The monoisotopic (exact) mass is 497 g/mol. The third kappa shape index (κ3) is 7.00. The minimum atomic E-state index is -3.36. The predicted octanol–water partition coefficient (Wildman–Crippen LogP) is 0.577. The van der Waals surface area contributed by atoms with Crippen LogP contribution in [0.4, 0.5) is 4.79 Å². The summed E-state index contributed by atoms with van der Waals surface area (Å²) in [6.07, 6.45) is 6.34. The molecule has 0 aromatic heterocycles. The van der Waals surface area contributed by atoms with Crippen molar-refractivity contribution in [3.63, 3.8) is 0 Å². The van der Waals surface area contributed by atoms with E-state index in [0.717, 1.165) is 32.2 Å². The Hall–Kier alpha value is -2.02. The first-order valence-electron chi connectivity index (χ1n) is 12.2. The maximum atomic E-state index is 12.7. The minimum Gasteiger partial charge on any atom is -0.343 e. The second-order valence-electron chi connectivity index (χ2n) is 9.15. The minimum absolute atomic E-state index is 0.117. The first kappa shape index (κ1) is 26.6. The van der Waals surface area contributed by atoms with Gasteiger partial charge in [0.15, 0.2) is 0 Å². The number of carbonyl (C=O) groups is 2. The highest BCUT2D eigenvalue weighted by Gasteiger charge is 2.28. The molecular formula is C22H39N7O4S. The fourth-order valence-corrected chi connectivity index (χ4v) is 5.49. The molecule has 11 nitrogen and oxygen atoms in total. The molecule has 0 unspecified atom stereocenters. The van der Waals surface area contributed by atoms with Crippen molar-refractivity contribution < 1.29 is 18.0 Å². The van der Waals surface area contributed by atoms with Crippen LogP contribution in [0.1, 0.15) is 45.4 Å². The number of piperazine rings is 1. The number of amides is 3. The summed E-state index contributed by atoms with van der Waals surface area (Å²) >= 11 is 0. The molecule has 0 atom stereocenters. The highest BCUT2D eigenvalue weighted by molar-refractivity contribution is 7.87. The number of likely N-dealkylation sites (tertiary alicyclic amines) is 1. The van der Waals surface area contributed by atoms with Gasteiger partial charge in [0, 0.05) is 85.0 Å². The average Bonchev–Trinajstić information content (AvgIpc) is 2.85. The van der Waals surface area contributed by atoms with E-state index in [1.165, 1.54) is 16.9 Å². The SMILES string of the molecule is CCCC(=O)N1CCC(N(C)C(=O)NC2=NC=C(CN3CCN(S(=O)(=O)NC)CC3)CC2)CC1. The molecule has 3 amide bonds. The normalized spacial score (nSPS) is 21.1. The molecule has 0 aromatic carbocycles. The molecule has 0 aromatic rings. The lowest BCUT2D eigenvalue weighted by Gasteiger charge is -2.37. The van der Waals surface area contributed by atoms with E-state index < -0.39 is 10.2 Å². The van der Waals surface area contributed by atoms with Crippen molar-refractivity contribution in [2.24, 2.45) is 4.99 Å². The number of hydrogen-bond donors (Lipinski definition) is 2. The number of carbonyl (C=O) groups excluding carboxylic acids is 2. The summed E-state index contributed by atoms with van der Waals surface area (Å²) in [5.41, 5.74) is 1.18. The predicted molar refractivity (Wildman–Crippen MR) is 132 cm³/mol. The van der Waals surface area contributed by atoms with Crippen molar-refractivity contribution in [2.75, 3.05) is 59.9 Å². The van der Waals surface area contributed by atoms with Crippen LogP contribution in [-0.2, 0) is 15.0 Å². The number of hydrogen-bond acceptors (Lipinski definition) is 6.